The topological polar surface area (TPSA) is 18.3 Å². The number of halogens is 1. The summed E-state index contributed by atoms with van der Waals surface area (Å²) in [6.07, 6.45) is 8.75. The largest absolute Gasteiger partial charge is 1.00 e. The molecule has 0 saturated carbocycles. The normalized spacial score (nSPS) is 12.0. The number of allylic oxidation sites excluding steroid dienone is 5. The van der Waals surface area contributed by atoms with Gasteiger partial charge in [-0.2, -0.15) is 0 Å². The molecule has 0 unspecified atom stereocenters. The van der Waals surface area contributed by atoms with E-state index in [1.807, 2.05) is 7.05 Å². The maximum Gasteiger partial charge on any atom is 0.199 e. The van der Waals surface area contributed by atoms with Crippen LogP contribution in [0.3, 0.4) is 0 Å². The minimum Gasteiger partial charge on any atom is -1.00 e. The van der Waals surface area contributed by atoms with Gasteiger partial charge in [0, 0.05) is 44.7 Å². The Balaban J connectivity index is 0.00000210. The quantitative estimate of drug-likeness (QED) is 0.779. The number of hydrogen-bond donors (Lipinski definition) is 1. The van der Waals surface area contributed by atoms with Crippen LogP contribution in [0.1, 0.15) is 18.6 Å². The van der Waals surface area contributed by atoms with Crippen LogP contribution in [-0.4, -0.2) is 45.5 Å². The molecule has 1 aliphatic rings. The summed E-state index contributed by atoms with van der Waals surface area (Å²) in [5.74, 6) is 0. The third kappa shape index (κ3) is 5.61. The van der Waals surface area contributed by atoms with Crippen LogP contribution >= 0.6 is 0 Å². The molecule has 0 atom stereocenters. The highest BCUT2D eigenvalue weighted by molar-refractivity contribution is 6.04. The smallest absolute Gasteiger partial charge is 0.199 e. The first-order valence-corrected chi connectivity index (χ1v) is 9.20. The maximum atomic E-state index is 3.19. The van der Waals surface area contributed by atoms with E-state index in [1.54, 1.807) is 0 Å². The number of nitrogens with one attached hydrogen (secondary N) is 1. The highest BCUT2D eigenvalue weighted by Crippen LogP contribution is 2.31. The van der Waals surface area contributed by atoms with Crippen molar-refractivity contribution in [2.45, 2.75) is 7.43 Å². The fourth-order valence-electron chi connectivity index (χ4n) is 3.16. The van der Waals surface area contributed by atoms with Crippen LogP contribution in [0, 0.1) is 0 Å². The highest BCUT2D eigenvalue weighted by Gasteiger charge is 2.13. The summed E-state index contributed by atoms with van der Waals surface area (Å²) in [6, 6.07) is 17.4. The van der Waals surface area contributed by atoms with E-state index >= 15 is 0 Å². The summed E-state index contributed by atoms with van der Waals surface area (Å²) in [6.45, 7) is 0. The molecule has 0 heterocycles. The molecule has 0 aromatic heterocycles. The van der Waals surface area contributed by atoms with Gasteiger partial charge in [0.1, 0.15) is 14.1 Å². The lowest BCUT2D eigenvalue weighted by Crippen LogP contribution is -3.00. The van der Waals surface area contributed by atoms with Crippen LogP contribution in [-0.2, 0) is 0 Å². The molecule has 0 saturated heterocycles. The van der Waals surface area contributed by atoms with Gasteiger partial charge in [0.25, 0.3) is 0 Å². The van der Waals surface area contributed by atoms with Crippen molar-refractivity contribution < 1.29 is 17.0 Å². The predicted octanol–water partition coefficient (Wildman–Crippen LogP) is 2.08. The number of nitrogens with zero attached hydrogens (tertiary/aromatic N) is 2. The van der Waals surface area contributed by atoms with Gasteiger partial charge in [-0.05, 0) is 58.7 Å². The van der Waals surface area contributed by atoms with E-state index in [4.69, 9.17) is 0 Å². The Morgan fingerprint density at radius 1 is 0.793 bits per heavy atom. The van der Waals surface area contributed by atoms with Crippen LogP contribution in [0.2, 0.25) is 0 Å². The van der Waals surface area contributed by atoms with Gasteiger partial charge < -0.3 is 22.6 Å². The molecule has 1 aliphatic carbocycles. The van der Waals surface area contributed by atoms with E-state index in [0.29, 0.717) is 0 Å². The van der Waals surface area contributed by atoms with E-state index in [-0.39, 0.29) is 19.8 Å². The summed E-state index contributed by atoms with van der Waals surface area (Å²) in [4.78, 5) is 2.12. The monoisotopic (exact) mass is 409 g/mol. The minimum absolute atomic E-state index is 0. The van der Waals surface area contributed by atoms with Gasteiger partial charge in [0.05, 0.1) is 0 Å². The van der Waals surface area contributed by atoms with Crippen LogP contribution in [0.15, 0.2) is 78.4 Å². The standard InChI is InChI=1S/C24H27N3.CH4.ClH/c1-25-21-12-6-18(7-13-21)24(19-8-14-22(15-9-19)26(2)3)20-10-16-23(17-11-20)27(4)5;;/h6-17H,1-5H3;1H4;1H. The van der Waals surface area contributed by atoms with Gasteiger partial charge in [0.15, 0.2) is 5.71 Å². The van der Waals surface area contributed by atoms with Crippen molar-refractivity contribution in [3.63, 3.8) is 0 Å². The zero-order valence-corrected chi connectivity index (χ0v) is 18.0. The summed E-state index contributed by atoms with van der Waals surface area (Å²) >= 11 is 0. The molecule has 0 amide bonds. The van der Waals surface area contributed by atoms with E-state index in [2.05, 4.69) is 116 Å². The third-order valence-electron chi connectivity index (χ3n) is 4.81. The second kappa shape index (κ2) is 10.7. The van der Waals surface area contributed by atoms with Gasteiger partial charge in [0.2, 0.25) is 0 Å². The maximum absolute atomic E-state index is 3.19. The lowest BCUT2D eigenvalue weighted by atomic mass is 9.90. The summed E-state index contributed by atoms with van der Waals surface area (Å²) in [5.41, 5.74) is 8.41. The van der Waals surface area contributed by atoms with Crippen molar-refractivity contribution in [2.75, 3.05) is 45.5 Å². The van der Waals surface area contributed by atoms with E-state index < -0.39 is 0 Å². The summed E-state index contributed by atoms with van der Waals surface area (Å²) < 4.78 is 2.12. The van der Waals surface area contributed by atoms with Crippen LogP contribution in [0.4, 0.5) is 11.4 Å². The van der Waals surface area contributed by atoms with Gasteiger partial charge in [-0.1, -0.05) is 31.7 Å². The molecule has 3 rings (SSSR count). The molecule has 29 heavy (non-hydrogen) atoms. The molecular weight excluding hydrogens is 378 g/mol. The number of anilines is 2. The van der Waals surface area contributed by atoms with Gasteiger partial charge in [-0.3, -0.25) is 0 Å². The highest BCUT2D eigenvalue weighted by atomic mass is 35.5. The SMILES string of the molecule is C.CNc1ccc(C(=C2C=CC(=[N+](C)C)C=C2)c2ccc(N(C)C)cc2)cc1.[Cl-]. The number of benzene rings is 2. The zero-order chi connectivity index (χ0) is 19.4. The average molecular weight is 410 g/mol. The fourth-order valence-corrected chi connectivity index (χ4v) is 3.16. The molecule has 3 nitrogen and oxygen atoms in total. The van der Waals surface area contributed by atoms with Gasteiger partial charge in [-0.25, -0.2) is 4.58 Å². The molecule has 2 aromatic carbocycles. The molecule has 0 bridgehead atoms. The van der Waals surface area contributed by atoms with Crippen molar-refractivity contribution in [3.8, 4) is 0 Å². The molecule has 0 spiro atoms. The molecule has 0 radical (unpaired) electrons. The van der Waals surface area contributed by atoms with E-state index in [9.17, 15) is 0 Å². The molecule has 1 N–H and O–H groups in total. The Morgan fingerprint density at radius 3 is 1.69 bits per heavy atom. The summed E-state index contributed by atoms with van der Waals surface area (Å²) in [7, 11) is 10.2. The minimum atomic E-state index is 0. The molecular formula is C25H32ClN3. The van der Waals surface area contributed by atoms with Crippen molar-refractivity contribution >= 4 is 22.7 Å². The lowest BCUT2D eigenvalue weighted by molar-refractivity contribution is -0.462. The molecule has 0 fully saturated rings. The molecule has 154 valence electrons. The first-order chi connectivity index (χ1) is 13.0. The summed E-state index contributed by atoms with van der Waals surface area (Å²) in [5, 5.41) is 3.19. The Morgan fingerprint density at radius 2 is 1.28 bits per heavy atom. The predicted molar refractivity (Wildman–Crippen MR) is 125 cm³/mol. The molecule has 0 aliphatic heterocycles. The first kappa shape index (κ1) is 24.3. The Kier molecular flexibility index (Phi) is 8.93. The van der Waals surface area contributed by atoms with Crippen molar-refractivity contribution in [1.29, 1.82) is 0 Å². The Hall–Kier alpha value is -2.78. The van der Waals surface area contributed by atoms with E-state index in [0.717, 1.165) is 5.69 Å². The fraction of sp³-hybridized carbons (Fsp3) is 0.240. The van der Waals surface area contributed by atoms with Crippen molar-refractivity contribution in [1.82, 2.24) is 0 Å². The Bertz CT molecular complexity index is 909. The molecule has 2 aromatic rings. The van der Waals surface area contributed by atoms with Crippen LogP contribution in [0.25, 0.3) is 5.57 Å². The second-order valence-corrected chi connectivity index (χ2v) is 7.08. The molecule has 4 heteroatoms. The Labute approximate surface area is 182 Å². The lowest BCUT2D eigenvalue weighted by Gasteiger charge is -2.17. The van der Waals surface area contributed by atoms with Crippen molar-refractivity contribution in [3.05, 3.63) is 89.5 Å². The van der Waals surface area contributed by atoms with Crippen molar-refractivity contribution in [2.24, 2.45) is 0 Å². The van der Waals surface area contributed by atoms with Gasteiger partial charge in [-0.15, -0.1) is 0 Å². The van der Waals surface area contributed by atoms with E-state index in [1.165, 1.54) is 33.7 Å². The third-order valence-corrected chi connectivity index (χ3v) is 4.81. The number of hydrogen-bond acceptors (Lipinski definition) is 2. The average Bonchev–Trinajstić information content (AvgIpc) is 2.69. The van der Waals surface area contributed by atoms with Crippen LogP contribution < -0.4 is 22.6 Å². The van der Waals surface area contributed by atoms with Gasteiger partial charge >= 0.3 is 0 Å². The first-order valence-electron chi connectivity index (χ1n) is 9.20. The van der Waals surface area contributed by atoms with Crippen LogP contribution in [0.5, 0.6) is 0 Å². The zero-order valence-electron chi connectivity index (χ0n) is 17.2. The number of rotatable bonds is 4. The second-order valence-electron chi connectivity index (χ2n) is 7.08.